The van der Waals surface area contributed by atoms with E-state index in [1.807, 2.05) is 6.92 Å². The zero-order valence-corrected chi connectivity index (χ0v) is 29.5. The van der Waals surface area contributed by atoms with Crippen LogP contribution in [0.2, 0.25) is 0 Å². The van der Waals surface area contributed by atoms with Crippen LogP contribution >= 0.6 is 0 Å². The largest absolute Gasteiger partial charge is 0.491 e. The molecule has 0 aliphatic carbocycles. The van der Waals surface area contributed by atoms with Crippen LogP contribution < -0.4 is 14.2 Å². The molecule has 7 nitrogen and oxygen atoms in total. The first-order valence-electron chi connectivity index (χ1n) is 18.1. The van der Waals surface area contributed by atoms with Gasteiger partial charge < -0.3 is 18.9 Å². The smallest absolute Gasteiger partial charge is 0.343 e. The van der Waals surface area contributed by atoms with Gasteiger partial charge in [0, 0.05) is 0 Å². The Morgan fingerprint density at radius 2 is 1.02 bits per heavy atom. The summed E-state index contributed by atoms with van der Waals surface area (Å²) in [5.74, 6) is -1.85. The van der Waals surface area contributed by atoms with E-state index in [4.69, 9.17) is 18.9 Å². The molecule has 1 atom stereocenters. The van der Waals surface area contributed by atoms with E-state index in [9.17, 15) is 18.8 Å². The van der Waals surface area contributed by atoms with E-state index in [-0.39, 0.29) is 34.5 Å². The molecule has 0 heterocycles. The number of carbonyl (C=O) groups excluding carboxylic acids is 3. The molecular weight excluding hydrogens is 623 g/mol. The Kier molecular flexibility index (Phi) is 18.0. The summed E-state index contributed by atoms with van der Waals surface area (Å²) in [6.45, 7) is 6.69. The molecular formula is C41H53FO7. The van der Waals surface area contributed by atoms with Crippen molar-refractivity contribution in [1.82, 2.24) is 0 Å². The summed E-state index contributed by atoms with van der Waals surface area (Å²) in [5.41, 5.74) is 0.647. The fourth-order valence-electron chi connectivity index (χ4n) is 5.33. The molecule has 3 aromatic carbocycles. The minimum atomic E-state index is -0.736. The first-order chi connectivity index (χ1) is 23.8. The van der Waals surface area contributed by atoms with Crippen LogP contribution in [-0.2, 0) is 4.74 Å². The highest BCUT2D eigenvalue weighted by molar-refractivity contribution is 5.93. The topological polar surface area (TPSA) is 88.1 Å². The lowest BCUT2D eigenvalue weighted by atomic mass is 10.1. The summed E-state index contributed by atoms with van der Waals surface area (Å²) in [4.78, 5) is 37.8. The van der Waals surface area contributed by atoms with Crippen LogP contribution in [0.25, 0.3) is 0 Å². The lowest BCUT2D eigenvalue weighted by molar-refractivity contribution is 0.0319. The molecule has 0 spiro atoms. The molecule has 266 valence electrons. The third kappa shape index (κ3) is 14.8. The molecule has 1 unspecified atom stereocenters. The molecule has 3 aromatic rings. The van der Waals surface area contributed by atoms with E-state index in [0.717, 1.165) is 51.0 Å². The fourth-order valence-corrected chi connectivity index (χ4v) is 5.33. The zero-order valence-electron chi connectivity index (χ0n) is 29.5. The van der Waals surface area contributed by atoms with Crippen molar-refractivity contribution in [3.63, 3.8) is 0 Å². The summed E-state index contributed by atoms with van der Waals surface area (Å²) < 4.78 is 36.6. The number of esters is 3. The van der Waals surface area contributed by atoms with E-state index in [0.29, 0.717) is 12.2 Å². The molecule has 0 radical (unpaired) electrons. The molecule has 0 aromatic heterocycles. The quantitative estimate of drug-likeness (QED) is 0.0561. The Morgan fingerprint density at radius 3 is 1.55 bits per heavy atom. The highest BCUT2D eigenvalue weighted by Crippen LogP contribution is 2.22. The Bertz CT molecular complexity index is 1420. The zero-order chi connectivity index (χ0) is 35.3. The third-order valence-electron chi connectivity index (χ3n) is 8.30. The first-order valence-corrected chi connectivity index (χ1v) is 18.1. The van der Waals surface area contributed by atoms with Crippen LogP contribution in [0.3, 0.4) is 0 Å². The van der Waals surface area contributed by atoms with Gasteiger partial charge in [-0.15, -0.1) is 0 Å². The van der Waals surface area contributed by atoms with Gasteiger partial charge in [0.1, 0.15) is 11.5 Å². The van der Waals surface area contributed by atoms with Crippen molar-refractivity contribution in [3.05, 3.63) is 89.2 Å². The average molecular weight is 677 g/mol. The van der Waals surface area contributed by atoms with E-state index in [1.54, 1.807) is 12.1 Å². The van der Waals surface area contributed by atoms with Crippen LogP contribution in [-0.4, -0.2) is 30.6 Å². The number of hydrogen-bond donors (Lipinski definition) is 0. The Balaban J connectivity index is 1.39. The van der Waals surface area contributed by atoms with Gasteiger partial charge in [0.2, 0.25) is 0 Å². The van der Waals surface area contributed by atoms with Gasteiger partial charge in [-0.25, -0.2) is 18.8 Å². The van der Waals surface area contributed by atoms with Crippen LogP contribution in [0.5, 0.6) is 17.2 Å². The molecule has 0 amide bonds. The van der Waals surface area contributed by atoms with Gasteiger partial charge >= 0.3 is 17.9 Å². The fraction of sp³-hybridized carbons (Fsp3) is 0.488. The normalized spacial score (nSPS) is 11.5. The lowest BCUT2D eigenvalue weighted by Crippen LogP contribution is -2.15. The van der Waals surface area contributed by atoms with E-state index >= 15 is 0 Å². The molecule has 8 heteroatoms. The maximum absolute atomic E-state index is 14.6. The Labute approximate surface area is 291 Å². The van der Waals surface area contributed by atoms with Gasteiger partial charge in [0.25, 0.3) is 0 Å². The second-order valence-electron chi connectivity index (χ2n) is 12.6. The lowest BCUT2D eigenvalue weighted by Gasteiger charge is -2.13. The number of hydrogen-bond acceptors (Lipinski definition) is 7. The minimum Gasteiger partial charge on any atom is -0.491 e. The molecule has 0 N–H and O–H groups in total. The van der Waals surface area contributed by atoms with Gasteiger partial charge in [0.15, 0.2) is 11.6 Å². The summed E-state index contributed by atoms with van der Waals surface area (Å²) in [7, 11) is 0. The van der Waals surface area contributed by atoms with Crippen molar-refractivity contribution in [2.24, 2.45) is 0 Å². The Morgan fingerprint density at radius 1 is 0.571 bits per heavy atom. The third-order valence-corrected chi connectivity index (χ3v) is 8.30. The second-order valence-corrected chi connectivity index (χ2v) is 12.6. The first kappa shape index (κ1) is 39.2. The summed E-state index contributed by atoms with van der Waals surface area (Å²) in [5, 5.41) is 0. The van der Waals surface area contributed by atoms with Crippen molar-refractivity contribution in [1.29, 1.82) is 0 Å². The molecule has 49 heavy (non-hydrogen) atoms. The van der Waals surface area contributed by atoms with Gasteiger partial charge in [-0.1, -0.05) is 90.9 Å². The maximum atomic E-state index is 14.6. The van der Waals surface area contributed by atoms with Crippen molar-refractivity contribution >= 4 is 17.9 Å². The van der Waals surface area contributed by atoms with Gasteiger partial charge in [-0.3, -0.25) is 0 Å². The van der Waals surface area contributed by atoms with Gasteiger partial charge in [-0.05, 0) is 92.9 Å². The molecule has 0 saturated heterocycles. The van der Waals surface area contributed by atoms with Crippen molar-refractivity contribution in [2.45, 2.75) is 123 Å². The number of carbonyl (C=O) groups is 3. The van der Waals surface area contributed by atoms with E-state index in [1.165, 1.54) is 99.9 Å². The van der Waals surface area contributed by atoms with E-state index < -0.39 is 23.7 Å². The van der Waals surface area contributed by atoms with Gasteiger partial charge in [-0.2, -0.15) is 0 Å². The van der Waals surface area contributed by atoms with Crippen molar-refractivity contribution < 1.29 is 37.7 Å². The molecule has 0 aliphatic rings. The van der Waals surface area contributed by atoms with Crippen LogP contribution in [0, 0.1) is 5.82 Å². The number of ether oxygens (including phenoxy) is 4. The number of unbranched alkanes of at least 4 members (excludes halogenated alkanes) is 12. The Hall–Kier alpha value is -4.20. The predicted octanol–water partition coefficient (Wildman–Crippen LogP) is 11.1. The number of halogens is 1. The van der Waals surface area contributed by atoms with Crippen LogP contribution in [0.15, 0.2) is 66.7 Å². The SMILES string of the molecule is CCCCCCCCCCCCOc1ccc(C(=O)Oc2ccc(C(=O)Oc3ccc(C(=O)OC(C)CCCCCC)cc3)cc2)cc1F. The molecule has 0 fully saturated rings. The molecule has 0 aliphatic heterocycles. The monoisotopic (exact) mass is 676 g/mol. The van der Waals surface area contributed by atoms with Crippen LogP contribution in [0.4, 0.5) is 4.39 Å². The molecule has 0 saturated carbocycles. The standard InChI is InChI=1S/C41H53FO7/c1-4-6-8-10-11-12-13-14-15-17-29-46-38-28-23-34(30-37(38)42)41(45)49-36-26-21-33(22-27-36)40(44)48-35-24-19-32(20-25-35)39(43)47-31(3)18-16-9-7-5-2/h19-28,30-31H,4-18,29H2,1-3H3. The van der Waals surface area contributed by atoms with E-state index in [2.05, 4.69) is 13.8 Å². The molecule has 3 rings (SSSR count). The minimum absolute atomic E-state index is 0.0426. The molecule has 0 bridgehead atoms. The number of rotatable bonds is 23. The highest BCUT2D eigenvalue weighted by atomic mass is 19.1. The van der Waals surface area contributed by atoms with Gasteiger partial charge in [0.05, 0.1) is 29.4 Å². The average Bonchev–Trinajstić information content (AvgIpc) is 3.10. The second kappa shape index (κ2) is 22.4. The van der Waals surface area contributed by atoms with Crippen molar-refractivity contribution in [2.75, 3.05) is 6.61 Å². The summed E-state index contributed by atoms with van der Waals surface area (Å²) in [6, 6.07) is 16.0. The number of benzene rings is 3. The van der Waals surface area contributed by atoms with Crippen molar-refractivity contribution in [3.8, 4) is 17.2 Å². The summed E-state index contributed by atoms with van der Waals surface area (Å²) >= 11 is 0. The van der Waals surface area contributed by atoms with Crippen LogP contribution in [0.1, 0.15) is 148 Å². The summed E-state index contributed by atoms with van der Waals surface area (Å²) in [6.07, 6.45) is 17.2. The highest BCUT2D eigenvalue weighted by Gasteiger charge is 2.16. The predicted molar refractivity (Wildman–Crippen MR) is 190 cm³/mol. The maximum Gasteiger partial charge on any atom is 0.343 e.